The Balaban J connectivity index is 1.67. The summed E-state index contributed by atoms with van der Waals surface area (Å²) in [6.45, 7) is 3.70. The Morgan fingerprint density at radius 3 is 2.50 bits per heavy atom. The lowest BCUT2D eigenvalue weighted by atomic mass is 9.86. The fraction of sp³-hybridized carbons (Fsp3) is 0.667. The maximum absolute atomic E-state index is 11.6. The van der Waals surface area contributed by atoms with Gasteiger partial charge >= 0.3 is 5.97 Å². The lowest BCUT2D eigenvalue weighted by Gasteiger charge is -2.23. The number of hydrogen-bond donors (Lipinski definition) is 3. The van der Waals surface area contributed by atoms with Gasteiger partial charge in [-0.1, -0.05) is 48.9 Å². The monoisotopic (exact) mass is 446 g/mol. The number of carbonyl (C=O) groups is 1. The van der Waals surface area contributed by atoms with Crippen molar-refractivity contribution < 1.29 is 24.9 Å². The second-order valence-corrected chi connectivity index (χ2v) is 9.45. The van der Waals surface area contributed by atoms with E-state index in [1.54, 1.807) is 0 Å². The van der Waals surface area contributed by atoms with Gasteiger partial charge in [0.15, 0.2) is 0 Å². The number of benzene rings is 1. The molecule has 0 heterocycles. The van der Waals surface area contributed by atoms with Gasteiger partial charge < -0.3 is 20.1 Å². The van der Waals surface area contributed by atoms with Crippen molar-refractivity contribution in [2.24, 2.45) is 11.8 Å². The van der Waals surface area contributed by atoms with Crippen molar-refractivity contribution in [3.05, 3.63) is 48.0 Å². The topological polar surface area (TPSA) is 87.0 Å². The van der Waals surface area contributed by atoms with Crippen LogP contribution in [0.2, 0.25) is 0 Å². The molecule has 2 rings (SSSR count). The minimum Gasteiger partial charge on any atom is -0.463 e. The van der Waals surface area contributed by atoms with Crippen LogP contribution in [0.15, 0.2) is 42.5 Å². The third-order valence-electron chi connectivity index (χ3n) is 6.40. The van der Waals surface area contributed by atoms with Gasteiger partial charge in [0.1, 0.15) is 0 Å². The first-order valence-electron chi connectivity index (χ1n) is 12.3. The van der Waals surface area contributed by atoms with Gasteiger partial charge in [-0.25, -0.2) is 0 Å². The number of aliphatic hydroxyl groups is 3. The summed E-state index contributed by atoms with van der Waals surface area (Å²) in [5, 5.41) is 31.1. The Hall–Kier alpha value is -1.69. The maximum Gasteiger partial charge on any atom is 0.306 e. The summed E-state index contributed by atoms with van der Waals surface area (Å²) in [7, 11) is 0. The molecule has 0 unspecified atom stereocenters. The lowest BCUT2D eigenvalue weighted by Crippen LogP contribution is -2.22. The van der Waals surface area contributed by atoms with Crippen molar-refractivity contribution in [1.82, 2.24) is 0 Å². The molecule has 5 nitrogen and oxygen atoms in total. The molecule has 0 aliphatic heterocycles. The molecule has 180 valence electrons. The highest BCUT2D eigenvalue weighted by atomic mass is 16.5. The van der Waals surface area contributed by atoms with Crippen LogP contribution in [0.5, 0.6) is 0 Å². The molecule has 1 aromatic rings. The first-order chi connectivity index (χ1) is 15.4. The molecule has 5 atom stereocenters. The highest BCUT2D eigenvalue weighted by Gasteiger charge is 2.40. The van der Waals surface area contributed by atoms with Gasteiger partial charge in [-0.05, 0) is 82.6 Å². The second kappa shape index (κ2) is 14.5. The van der Waals surface area contributed by atoms with E-state index in [0.29, 0.717) is 12.8 Å². The molecule has 1 fully saturated rings. The van der Waals surface area contributed by atoms with Crippen LogP contribution < -0.4 is 0 Å². The minimum atomic E-state index is -0.483. The largest absolute Gasteiger partial charge is 0.463 e. The number of unbranched alkanes of at least 4 members (excludes halogenated alkanes) is 1. The number of allylic oxidation sites excluding steroid dienone is 2. The van der Waals surface area contributed by atoms with Crippen LogP contribution in [0.3, 0.4) is 0 Å². The van der Waals surface area contributed by atoms with E-state index in [0.717, 1.165) is 51.4 Å². The van der Waals surface area contributed by atoms with Gasteiger partial charge in [-0.15, -0.1) is 0 Å². The van der Waals surface area contributed by atoms with Crippen LogP contribution in [0.1, 0.15) is 77.2 Å². The second-order valence-electron chi connectivity index (χ2n) is 9.45. The minimum absolute atomic E-state index is 0.0496. The van der Waals surface area contributed by atoms with Crippen LogP contribution in [0.25, 0.3) is 0 Å². The van der Waals surface area contributed by atoms with Gasteiger partial charge in [-0.2, -0.15) is 0 Å². The Labute approximate surface area is 193 Å². The molecular weight excluding hydrogens is 404 g/mol. The zero-order valence-electron chi connectivity index (χ0n) is 19.7. The Kier molecular flexibility index (Phi) is 12.0. The molecular formula is C27H42O5. The van der Waals surface area contributed by atoms with E-state index in [4.69, 9.17) is 4.74 Å². The first-order valence-corrected chi connectivity index (χ1v) is 12.3. The highest BCUT2D eigenvalue weighted by molar-refractivity contribution is 5.69. The molecule has 1 aliphatic rings. The Morgan fingerprint density at radius 2 is 1.78 bits per heavy atom. The molecule has 3 N–H and O–H groups in total. The van der Waals surface area contributed by atoms with Gasteiger partial charge in [0.2, 0.25) is 0 Å². The van der Waals surface area contributed by atoms with E-state index in [2.05, 4.69) is 24.3 Å². The van der Waals surface area contributed by atoms with Crippen molar-refractivity contribution in [2.75, 3.05) is 0 Å². The van der Waals surface area contributed by atoms with Gasteiger partial charge in [0, 0.05) is 6.42 Å². The number of aryl methyl sites for hydroxylation is 1. The van der Waals surface area contributed by atoms with Crippen molar-refractivity contribution >= 4 is 5.97 Å². The quantitative estimate of drug-likeness (QED) is 0.221. The van der Waals surface area contributed by atoms with Crippen molar-refractivity contribution in [3.63, 3.8) is 0 Å². The smallest absolute Gasteiger partial charge is 0.306 e. The third kappa shape index (κ3) is 9.85. The molecule has 0 amide bonds. The van der Waals surface area contributed by atoms with E-state index in [-0.39, 0.29) is 30.0 Å². The molecule has 1 aromatic carbocycles. The van der Waals surface area contributed by atoms with Gasteiger partial charge in [0.05, 0.1) is 24.4 Å². The fourth-order valence-electron chi connectivity index (χ4n) is 4.67. The van der Waals surface area contributed by atoms with Crippen LogP contribution >= 0.6 is 0 Å². The molecule has 0 radical (unpaired) electrons. The van der Waals surface area contributed by atoms with E-state index in [9.17, 15) is 20.1 Å². The number of rotatable bonds is 14. The summed E-state index contributed by atoms with van der Waals surface area (Å²) in [4.78, 5) is 11.6. The molecule has 0 aromatic heterocycles. The van der Waals surface area contributed by atoms with Gasteiger partial charge in [0.25, 0.3) is 0 Å². The average molecular weight is 447 g/mol. The summed E-state index contributed by atoms with van der Waals surface area (Å²) in [6.07, 6.45) is 9.91. The van der Waals surface area contributed by atoms with Crippen LogP contribution in [0.4, 0.5) is 0 Å². The predicted molar refractivity (Wildman–Crippen MR) is 127 cm³/mol. The predicted octanol–water partition coefficient (Wildman–Crippen LogP) is 4.58. The van der Waals surface area contributed by atoms with Crippen LogP contribution in [-0.2, 0) is 16.0 Å². The summed E-state index contributed by atoms with van der Waals surface area (Å²) < 4.78 is 5.13. The summed E-state index contributed by atoms with van der Waals surface area (Å²) >= 11 is 0. The van der Waals surface area contributed by atoms with Crippen molar-refractivity contribution in [2.45, 2.75) is 102 Å². The van der Waals surface area contributed by atoms with Crippen LogP contribution in [0, 0.1) is 11.8 Å². The number of ether oxygens (including phenoxy) is 1. The standard InChI is InChI=1S/C27H42O5/c1-20(2)32-27(31)16-9-4-3-8-14-23-24(26(30)19-25(23)29)15-10-13-22(28)18-17-21-11-6-5-7-12-21/h3,5-8,11-12,20,22-26,28-30H,4,9-10,13-19H2,1-2H3/b8-3-/t22-,23-,24-,25+,26-/m1/s1. The molecule has 0 saturated heterocycles. The van der Waals surface area contributed by atoms with E-state index < -0.39 is 12.2 Å². The van der Waals surface area contributed by atoms with Gasteiger partial charge in [-0.3, -0.25) is 4.79 Å². The normalized spacial score (nSPS) is 24.3. The lowest BCUT2D eigenvalue weighted by molar-refractivity contribution is -0.147. The number of esters is 1. The zero-order chi connectivity index (χ0) is 23.3. The average Bonchev–Trinajstić information content (AvgIpc) is 3.01. The molecule has 0 bridgehead atoms. The first kappa shape index (κ1) is 26.6. The van der Waals surface area contributed by atoms with Crippen molar-refractivity contribution in [3.8, 4) is 0 Å². The summed E-state index contributed by atoms with van der Waals surface area (Å²) in [6, 6.07) is 10.2. The number of hydrogen-bond acceptors (Lipinski definition) is 5. The van der Waals surface area contributed by atoms with E-state index >= 15 is 0 Å². The summed E-state index contributed by atoms with van der Waals surface area (Å²) in [5.74, 6) is -0.0423. The van der Waals surface area contributed by atoms with E-state index in [1.807, 2.05) is 32.0 Å². The SMILES string of the molecule is CC(C)OC(=O)CCC/C=C\C[C@@H]1[C@@H](CCC[C@@H](O)CCc2ccccc2)[C@H](O)C[C@@H]1O. The Morgan fingerprint density at radius 1 is 1.06 bits per heavy atom. The number of carbonyl (C=O) groups excluding carboxylic acids is 1. The molecule has 0 spiro atoms. The zero-order valence-corrected chi connectivity index (χ0v) is 19.7. The third-order valence-corrected chi connectivity index (χ3v) is 6.40. The summed E-state index contributed by atoms with van der Waals surface area (Å²) in [5.41, 5.74) is 1.24. The fourth-order valence-corrected chi connectivity index (χ4v) is 4.67. The maximum atomic E-state index is 11.6. The Bertz CT molecular complexity index is 672. The van der Waals surface area contributed by atoms with Crippen LogP contribution in [-0.4, -0.2) is 45.7 Å². The number of aliphatic hydroxyl groups excluding tert-OH is 3. The molecule has 1 saturated carbocycles. The molecule has 1 aliphatic carbocycles. The molecule has 32 heavy (non-hydrogen) atoms. The molecule has 5 heteroatoms. The van der Waals surface area contributed by atoms with E-state index in [1.165, 1.54) is 5.56 Å². The van der Waals surface area contributed by atoms with Crippen molar-refractivity contribution in [1.29, 1.82) is 0 Å². The highest BCUT2D eigenvalue weighted by Crippen LogP contribution is 2.38.